The first kappa shape index (κ1) is 14.0. The number of aromatic nitrogens is 1. The van der Waals surface area contributed by atoms with Crippen LogP contribution in [0.4, 0.5) is 0 Å². The summed E-state index contributed by atoms with van der Waals surface area (Å²) in [4.78, 5) is 15.9. The Hall–Kier alpha value is -1.98. The topological polar surface area (TPSA) is 60.4 Å². The zero-order valence-electron chi connectivity index (χ0n) is 11.2. The largest absolute Gasteiger partial charge is 0.378 e. The van der Waals surface area contributed by atoms with E-state index in [0.29, 0.717) is 9.93 Å². The van der Waals surface area contributed by atoms with Gasteiger partial charge in [-0.2, -0.15) is 4.99 Å². The van der Waals surface area contributed by atoms with Crippen molar-refractivity contribution < 1.29 is 4.79 Å². The lowest BCUT2D eigenvalue weighted by Crippen LogP contribution is -2.01. The summed E-state index contributed by atoms with van der Waals surface area (Å²) in [5.74, 6) is -0.299. The maximum Gasteiger partial charge on any atom is 0.286 e. The molecule has 0 saturated carbocycles. The van der Waals surface area contributed by atoms with Gasteiger partial charge in [-0.15, -0.1) is 0 Å². The monoisotopic (exact) mass is 317 g/mol. The van der Waals surface area contributed by atoms with E-state index in [-0.39, 0.29) is 11.1 Å². The zero-order valence-corrected chi connectivity index (χ0v) is 12.8. The molecule has 1 aliphatic rings. The highest BCUT2D eigenvalue weighted by molar-refractivity contribution is 8.18. The SMILES string of the molecule is Cc1ccc(-n2cccc2C=C2SC(N)=NC2=O)cc1Cl. The number of amidine groups is 1. The lowest BCUT2D eigenvalue weighted by Gasteiger charge is -2.08. The molecule has 1 amide bonds. The lowest BCUT2D eigenvalue weighted by atomic mass is 10.2. The molecule has 1 aliphatic heterocycles. The van der Waals surface area contributed by atoms with Gasteiger partial charge in [-0.3, -0.25) is 4.79 Å². The number of amides is 1. The van der Waals surface area contributed by atoms with Gasteiger partial charge in [0.25, 0.3) is 5.91 Å². The second-order valence-electron chi connectivity index (χ2n) is 4.60. The smallest absolute Gasteiger partial charge is 0.286 e. The van der Waals surface area contributed by atoms with E-state index >= 15 is 0 Å². The van der Waals surface area contributed by atoms with Crippen molar-refractivity contribution in [1.82, 2.24) is 4.57 Å². The summed E-state index contributed by atoms with van der Waals surface area (Å²) >= 11 is 7.36. The molecule has 106 valence electrons. The van der Waals surface area contributed by atoms with E-state index in [9.17, 15) is 4.79 Å². The van der Waals surface area contributed by atoms with Gasteiger partial charge in [-0.1, -0.05) is 17.7 Å². The number of hydrogen-bond acceptors (Lipinski definition) is 3. The Morgan fingerprint density at radius 2 is 2.19 bits per heavy atom. The van der Waals surface area contributed by atoms with Crippen molar-refractivity contribution in [1.29, 1.82) is 0 Å². The van der Waals surface area contributed by atoms with Gasteiger partial charge < -0.3 is 10.3 Å². The number of hydrogen-bond donors (Lipinski definition) is 1. The highest BCUT2D eigenvalue weighted by Gasteiger charge is 2.20. The average molecular weight is 318 g/mol. The number of halogens is 1. The molecule has 6 heteroatoms. The fraction of sp³-hybridized carbons (Fsp3) is 0.0667. The molecule has 0 saturated heterocycles. The standard InChI is InChI=1S/C15H12ClN3OS/c1-9-4-5-11(7-12(9)16)19-6-2-3-10(19)8-13-14(20)18-15(17)21-13/h2-8H,1H3,(H2,17,18,20). The van der Waals surface area contributed by atoms with Gasteiger partial charge in [-0.25, -0.2) is 0 Å². The van der Waals surface area contributed by atoms with Crippen LogP contribution < -0.4 is 5.73 Å². The van der Waals surface area contributed by atoms with Crippen LogP contribution >= 0.6 is 23.4 Å². The molecule has 3 rings (SSSR count). The Balaban J connectivity index is 2.00. The van der Waals surface area contributed by atoms with Crippen LogP contribution in [0, 0.1) is 6.92 Å². The molecular weight excluding hydrogens is 306 g/mol. The first-order valence-electron chi connectivity index (χ1n) is 6.26. The summed E-state index contributed by atoms with van der Waals surface area (Å²) in [5.41, 5.74) is 8.39. The van der Waals surface area contributed by atoms with Crippen LogP contribution in [0.25, 0.3) is 11.8 Å². The van der Waals surface area contributed by atoms with Crippen molar-refractivity contribution in [3.05, 3.63) is 57.7 Å². The predicted molar refractivity (Wildman–Crippen MR) is 87.7 cm³/mol. The Morgan fingerprint density at radius 1 is 1.38 bits per heavy atom. The number of aryl methyl sites for hydroxylation is 1. The highest BCUT2D eigenvalue weighted by atomic mass is 35.5. The number of carbonyl (C=O) groups excluding carboxylic acids is 1. The van der Waals surface area contributed by atoms with Crippen molar-refractivity contribution in [2.45, 2.75) is 6.92 Å². The molecular formula is C15H12ClN3OS. The Morgan fingerprint density at radius 3 is 2.86 bits per heavy atom. The summed E-state index contributed by atoms with van der Waals surface area (Å²) in [6, 6.07) is 9.67. The summed E-state index contributed by atoms with van der Waals surface area (Å²) in [7, 11) is 0. The zero-order chi connectivity index (χ0) is 15.0. The molecule has 0 atom stereocenters. The number of benzene rings is 1. The van der Waals surface area contributed by atoms with Crippen molar-refractivity contribution in [3.63, 3.8) is 0 Å². The third-order valence-corrected chi connectivity index (χ3v) is 4.35. The van der Waals surface area contributed by atoms with E-state index < -0.39 is 0 Å². The van der Waals surface area contributed by atoms with Crippen molar-refractivity contribution in [3.8, 4) is 5.69 Å². The highest BCUT2D eigenvalue weighted by Crippen LogP contribution is 2.28. The van der Waals surface area contributed by atoms with Gasteiger partial charge in [0.2, 0.25) is 0 Å². The second-order valence-corrected chi connectivity index (χ2v) is 6.07. The van der Waals surface area contributed by atoms with Crippen molar-refractivity contribution in [2.75, 3.05) is 0 Å². The minimum atomic E-state index is -0.299. The van der Waals surface area contributed by atoms with Crippen molar-refractivity contribution in [2.24, 2.45) is 10.7 Å². The summed E-state index contributed by atoms with van der Waals surface area (Å²) in [6.07, 6.45) is 3.70. The minimum absolute atomic E-state index is 0.280. The number of carbonyl (C=O) groups is 1. The number of nitrogens with zero attached hydrogens (tertiary/aromatic N) is 2. The molecule has 0 aliphatic carbocycles. The lowest BCUT2D eigenvalue weighted by molar-refractivity contribution is -0.113. The van der Waals surface area contributed by atoms with Crippen LogP contribution in [0.5, 0.6) is 0 Å². The van der Waals surface area contributed by atoms with Crippen LogP contribution in [-0.2, 0) is 4.79 Å². The molecule has 1 aromatic heterocycles. The Bertz CT molecular complexity index is 792. The first-order valence-corrected chi connectivity index (χ1v) is 7.46. The van der Waals surface area contributed by atoms with E-state index in [1.807, 2.05) is 48.0 Å². The van der Waals surface area contributed by atoms with Gasteiger partial charge in [0.1, 0.15) is 0 Å². The van der Waals surface area contributed by atoms with Crippen LogP contribution in [0.2, 0.25) is 5.02 Å². The summed E-state index contributed by atoms with van der Waals surface area (Å²) in [6.45, 7) is 1.96. The number of rotatable bonds is 2. The predicted octanol–water partition coefficient (Wildman–Crippen LogP) is 3.37. The summed E-state index contributed by atoms with van der Waals surface area (Å²) < 4.78 is 1.96. The fourth-order valence-electron chi connectivity index (χ4n) is 2.04. The normalized spacial score (nSPS) is 16.6. The molecule has 4 nitrogen and oxygen atoms in total. The molecule has 0 radical (unpaired) electrons. The molecule has 0 spiro atoms. The molecule has 0 fully saturated rings. The molecule has 1 aromatic carbocycles. The maximum atomic E-state index is 11.7. The Labute approximate surface area is 131 Å². The third-order valence-electron chi connectivity index (χ3n) is 3.13. The van der Waals surface area contributed by atoms with Gasteiger partial charge in [-0.05, 0) is 54.6 Å². The van der Waals surface area contributed by atoms with Crippen LogP contribution in [0.1, 0.15) is 11.3 Å². The molecule has 2 heterocycles. The minimum Gasteiger partial charge on any atom is -0.378 e. The van der Waals surface area contributed by atoms with Gasteiger partial charge >= 0.3 is 0 Å². The Kier molecular flexibility index (Phi) is 3.61. The average Bonchev–Trinajstić information content (AvgIpc) is 3.01. The van der Waals surface area contributed by atoms with Crippen LogP contribution in [0.15, 0.2) is 46.4 Å². The van der Waals surface area contributed by atoms with E-state index in [0.717, 1.165) is 16.9 Å². The van der Waals surface area contributed by atoms with E-state index in [4.69, 9.17) is 17.3 Å². The van der Waals surface area contributed by atoms with Crippen LogP contribution in [-0.4, -0.2) is 15.6 Å². The maximum absolute atomic E-state index is 11.7. The quantitative estimate of drug-likeness (QED) is 0.864. The molecule has 0 unspecified atom stereocenters. The number of aliphatic imine (C=N–C) groups is 1. The summed E-state index contributed by atoms with van der Waals surface area (Å²) in [5, 5.41) is 0.987. The van der Waals surface area contributed by atoms with Gasteiger partial charge in [0, 0.05) is 22.6 Å². The number of nitrogens with two attached hydrogens (primary N) is 1. The van der Waals surface area contributed by atoms with E-state index in [1.54, 1.807) is 6.08 Å². The molecule has 21 heavy (non-hydrogen) atoms. The van der Waals surface area contributed by atoms with Gasteiger partial charge in [0.05, 0.1) is 4.91 Å². The molecule has 2 aromatic rings. The molecule has 2 N–H and O–H groups in total. The van der Waals surface area contributed by atoms with E-state index in [1.165, 1.54) is 11.8 Å². The second kappa shape index (κ2) is 5.42. The third kappa shape index (κ3) is 2.75. The van der Waals surface area contributed by atoms with Gasteiger partial charge in [0.15, 0.2) is 5.17 Å². The van der Waals surface area contributed by atoms with Crippen molar-refractivity contribution >= 4 is 40.5 Å². The number of thioether (sulfide) groups is 1. The van der Waals surface area contributed by atoms with E-state index in [2.05, 4.69) is 4.99 Å². The fourth-order valence-corrected chi connectivity index (χ4v) is 2.88. The molecule has 0 bridgehead atoms. The van der Waals surface area contributed by atoms with Crippen LogP contribution in [0.3, 0.4) is 0 Å². The first-order chi connectivity index (χ1) is 10.0.